The summed E-state index contributed by atoms with van der Waals surface area (Å²) in [4.78, 5) is 23.4. The molecule has 7 nitrogen and oxygen atoms in total. The van der Waals surface area contributed by atoms with Gasteiger partial charge in [-0.2, -0.15) is 0 Å². The van der Waals surface area contributed by atoms with Crippen molar-refractivity contribution in [2.24, 2.45) is 0 Å². The van der Waals surface area contributed by atoms with Gasteiger partial charge in [0.15, 0.2) is 5.69 Å². The number of carboxylic acid groups (broad SMARTS) is 1. The van der Waals surface area contributed by atoms with Crippen LogP contribution >= 0.6 is 0 Å². The summed E-state index contributed by atoms with van der Waals surface area (Å²) in [5, 5.41) is 15.4. The fourth-order valence-corrected chi connectivity index (χ4v) is 2.46. The second-order valence-electron chi connectivity index (χ2n) is 5.14. The number of methoxy groups -OCH3 is 1. The van der Waals surface area contributed by atoms with E-state index in [1.807, 2.05) is 0 Å². The first-order valence-corrected chi connectivity index (χ1v) is 7.13. The number of aromatic nitrogens is 1. The third kappa shape index (κ3) is 3.81. The van der Waals surface area contributed by atoms with Gasteiger partial charge in [-0.3, -0.25) is 4.79 Å². The highest BCUT2D eigenvalue weighted by molar-refractivity contribution is 5.96. The molecule has 1 heterocycles. The Hall–Kier alpha value is -1.89. The summed E-state index contributed by atoms with van der Waals surface area (Å²) in [6.07, 6.45) is 4.84. The predicted molar refractivity (Wildman–Crippen MR) is 73.1 cm³/mol. The van der Waals surface area contributed by atoms with E-state index in [1.165, 1.54) is 7.11 Å². The minimum atomic E-state index is -1.09. The van der Waals surface area contributed by atoms with Crippen molar-refractivity contribution in [3.63, 3.8) is 0 Å². The first-order valence-electron chi connectivity index (χ1n) is 7.13. The van der Waals surface area contributed by atoms with Crippen LogP contribution in [0.4, 0.5) is 0 Å². The molecule has 0 radical (unpaired) electrons. The molecular weight excluding hydrogens is 276 g/mol. The van der Waals surface area contributed by atoms with Gasteiger partial charge in [-0.25, -0.2) is 4.79 Å². The average molecular weight is 296 g/mol. The Balaban J connectivity index is 2.09. The molecule has 7 heteroatoms. The summed E-state index contributed by atoms with van der Waals surface area (Å²) in [6.45, 7) is 0.258. The van der Waals surface area contributed by atoms with Crippen LogP contribution in [0.1, 0.15) is 47.5 Å². The molecule has 0 aromatic carbocycles. The van der Waals surface area contributed by atoms with E-state index < -0.39 is 17.9 Å². The van der Waals surface area contributed by atoms with Gasteiger partial charge >= 0.3 is 5.97 Å². The zero-order chi connectivity index (χ0) is 15.2. The molecular formula is C14H20N2O5. The standard InChI is InChI=1S/C14H20N2O5/c1-20-8-7-10(14(18)19)15-13(17)12-9-5-3-2-4-6-11(9)21-16-12/h10H,2-8H2,1H3,(H,15,17)(H,18,19). The van der Waals surface area contributed by atoms with E-state index in [0.29, 0.717) is 0 Å². The van der Waals surface area contributed by atoms with Crippen molar-refractivity contribution in [3.8, 4) is 0 Å². The average Bonchev–Trinajstić information content (AvgIpc) is 2.72. The number of aryl methyl sites for hydroxylation is 1. The normalized spacial score (nSPS) is 15.9. The van der Waals surface area contributed by atoms with Crippen molar-refractivity contribution >= 4 is 11.9 Å². The Bertz CT molecular complexity index is 511. The van der Waals surface area contributed by atoms with E-state index in [4.69, 9.17) is 14.4 Å². The monoisotopic (exact) mass is 296 g/mol. The molecule has 0 spiro atoms. The number of amides is 1. The molecule has 0 bridgehead atoms. The Morgan fingerprint density at radius 1 is 1.38 bits per heavy atom. The van der Waals surface area contributed by atoms with Gasteiger partial charge in [0.2, 0.25) is 0 Å². The summed E-state index contributed by atoms with van der Waals surface area (Å²) in [5.41, 5.74) is 1.04. The van der Waals surface area contributed by atoms with Crippen molar-refractivity contribution < 1.29 is 24.0 Å². The maximum absolute atomic E-state index is 12.2. The Morgan fingerprint density at radius 2 is 2.14 bits per heavy atom. The molecule has 0 aliphatic heterocycles. The lowest BCUT2D eigenvalue weighted by Crippen LogP contribution is -2.41. The van der Waals surface area contributed by atoms with Crippen LogP contribution in [-0.4, -0.2) is 41.9 Å². The number of fused-ring (bicyclic) bond motifs is 1. The molecule has 0 fully saturated rings. The van der Waals surface area contributed by atoms with Crippen molar-refractivity contribution in [2.45, 2.75) is 44.6 Å². The van der Waals surface area contributed by atoms with Crippen LogP contribution in [0.25, 0.3) is 0 Å². The maximum Gasteiger partial charge on any atom is 0.326 e. The highest BCUT2D eigenvalue weighted by Crippen LogP contribution is 2.23. The van der Waals surface area contributed by atoms with Gasteiger partial charge in [-0.05, 0) is 19.3 Å². The summed E-state index contributed by atoms with van der Waals surface area (Å²) < 4.78 is 10.1. The largest absolute Gasteiger partial charge is 0.480 e. The van der Waals surface area contributed by atoms with Crippen LogP contribution in [0.5, 0.6) is 0 Å². The molecule has 1 aromatic rings. The van der Waals surface area contributed by atoms with Crippen LogP contribution < -0.4 is 5.32 Å². The lowest BCUT2D eigenvalue weighted by atomic mass is 10.1. The second-order valence-corrected chi connectivity index (χ2v) is 5.14. The predicted octanol–water partition coefficient (Wildman–Crippen LogP) is 1.16. The van der Waals surface area contributed by atoms with Gasteiger partial charge in [-0.15, -0.1) is 0 Å². The summed E-state index contributed by atoms with van der Waals surface area (Å²) in [5.74, 6) is -0.832. The fourth-order valence-electron chi connectivity index (χ4n) is 2.46. The Labute approximate surface area is 122 Å². The van der Waals surface area contributed by atoms with E-state index in [1.54, 1.807) is 0 Å². The number of rotatable bonds is 6. The Morgan fingerprint density at radius 3 is 2.86 bits per heavy atom. The number of carbonyl (C=O) groups is 2. The molecule has 1 unspecified atom stereocenters. The fraction of sp³-hybridized carbons (Fsp3) is 0.643. The first kappa shape index (κ1) is 15.5. The molecule has 1 aliphatic rings. The molecule has 1 atom stereocenters. The number of carboxylic acids is 1. The number of carbonyl (C=O) groups excluding carboxylic acids is 1. The van der Waals surface area contributed by atoms with Gasteiger partial charge in [-0.1, -0.05) is 11.6 Å². The maximum atomic E-state index is 12.2. The van der Waals surface area contributed by atoms with Crippen molar-refractivity contribution in [1.29, 1.82) is 0 Å². The van der Waals surface area contributed by atoms with Gasteiger partial charge in [0, 0.05) is 32.1 Å². The summed E-state index contributed by atoms with van der Waals surface area (Å²) in [7, 11) is 1.48. The van der Waals surface area contributed by atoms with Crippen molar-refractivity contribution in [3.05, 3.63) is 17.0 Å². The zero-order valence-electron chi connectivity index (χ0n) is 12.1. The van der Waals surface area contributed by atoms with Crippen molar-refractivity contribution in [2.75, 3.05) is 13.7 Å². The number of ether oxygens (including phenoxy) is 1. The number of hydrogen-bond acceptors (Lipinski definition) is 5. The quantitative estimate of drug-likeness (QED) is 0.764. The van der Waals surface area contributed by atoms with Gasteiger partial charge in [0.05, 0.1) is 0 Å². The van der Waals surface area contributed by atoms with Gasteiger partial charge in [0.25, 0.3) is 5.91 Å². The molecule has 116 valence electrons. The minimum Gasteiger partial charge on any atom is -0.480 e. The van der Waals surface area contributed by atoms with E-state index in [2.05, 4.69) is 10.5 Å². The topological polar surface area (TPSA) is 102 Å². The molecule has 2 rings (SSSR count). The van der Waals surface area contributed by atoms with E-state index >= 15 is 0 Å². The van der Waals surface area contributed by atoms with Crippen LogP contribution in [0.15, 0.2) is 4.52 Å². The van der Waals surface area contributed by atoms with E-state index in [-0.39, 0.29) is 18.7 Å². The molecule has 1 aromatic heterocycles. The highest BCUT2D eigenvalue weighted by Gasteiger charge is 2.26. The Kier molecular flexibility index (Phi) is 5.32. The number of nitrogens with zero attached hydrogens (tertiary/aromatic N) is 1. The molecule has 1 amide bonds. The van der Waals surface area contributed by atoms with E-state index in [0.717, 1.165) is 43.4 Å². The van der Waals surface area contributed by atoms with Crippen LogP contribution in [0.2, 0.25) is 0 Å². The summed E-state index contributed by atoms with van der Waals surface area (Å²) in [6, 6.07) is -0.990. The first-order chi connectivity index (χ1) is 10.1. The SMILES string of the molecule is COCCC(NC(=O)c1noc2c1CCCCC2)C(=O)O. The third-order valence-corrected chi connectivity index (χ3v) is 3.63. The number of nitrogens with one attached hydrogen (secondary N) is 1. The molecule has 0 saturated carbocycles. The minimum absolute atomic E-state index is 0.206. The lowest BCUT2D eigenvalue weighted by Gasteiger charge is -2.13. The van der Waals surface area contributed by atoms with Crippen LogP contribution in [0.3, 0.4) is 0 Å². The molecule has 0 saturated heterocycles. The van der Waals surface area contributed by atoms with Gasteiger partial charge in [0.1, 0.15) is 11.8 Å². The number of hydrogen-bond donors (Lipinski definition) is 2. The zero-order valence-corrected chi connectivity index (χ0v) is 12.1. The molecule has 1 aliphatic carbocycles. The third-order valence-electron chi connectivity index (χ3n) is 3.63. The van der Waals surface area contributed by atoms with E-state index in [9.17, 15) is 9.59 Å². The molecule has 2 N–H and O–H groups in total. The lowest BCUT2D eigenvalue weighted by molar-refractivity contribution is -0.139. The van der Waals surface area contributed by atoms with Gasteiger partial charge < -0.3 is 19.7 Å². The highest BCUT2D eigenvalue weighted by atomic mass is 16.5. The number of aliphatic carboxylic acids is 1. The second kappa shape index (κ2) is 7.21. The van der Waals surface area contributed by atoms with Crippen molar-refractivity contribution in [1.82, 2.24) is 10.5 Å². The van der Waals surface area contributed by atoms with Crippen LogP contribution in [0, 0.1) is 0 Å². The summed E-state index contributed by atoms with van der Waals surface area (Å²) >= 11 is 0. The van der Waals surface area contributed by atoms with Crippen LogP contribution in [-0.2, 0) is 22.4 Å². The molecule has 21 heavy (non-hydrogen) atoms. The smallest absolute Gasteiger partial charge is 0.326 e.